The topological polar surface area (TPSA) is 100 Å². The van der Waals surface area contributed by atoms with E-state index in [-0.39, 0.29) is 79.8 Å². The van der Waals surface area contributed by atoms with Crippen LogP contribution < -0.4 is 72.7 Å². The van der Waals surface area contributed by atoms with E-state index in [4.69, 9.17) is 57.9 Å². The van der Waals surface area contributed by atoms with Gasteiger partial charge in [-0.1, -0.05) is 72.4 Å². The van der Waals surface area contributed by atoms with Crippen LogP contribution in [0.4, 0.5) is 44.7 Å². The minimum absolute atomic E-state index is 0. The fourth-order valence-corrected chi connectivity index (χ4v) is 11.6. The van der Waals surface area contributed by atoms with Crippen molar-refractivity contribution in [3.8, 4) is 0 Å². The summed E-state index contributed by atoms with van der Waals surface area (Å²) in [7, 11) is 0. The van der Waals surface area contributed by atoms with Crippen LogP contribution in [0.5, 0.6) is 0 Å². The maximum absolute atomic E-state index is 14.2. The number of anilines is 4. The molecule has 0 saturated carbocycles. The Balaban J connectivity index is 0.000000369. The van der Waals surface area contributed by atoms with Gasteiger partial charge in [-0.05, 0) is 113 Å². The second kappa shape index (κ2) is 24.5. The predicted octanol–water partition coefficient (Wildman–Crippen LogP) is 9.31. The third kappa shape index (κ3) is 13.4. The number of nitrogens with one attached hydrogen (secondary N) is 1. The second-order valence-electron chi connectivity index (χ2n) is 18.8. The molecular weight excluding hydrogens is 1020 g/mol. The normalized spacial score (nSPS) is 20.7. The third-order valence-electron chi connectivity index (χ3n) is 14.5. The molecule has 10 nitrogen and oxygen atoms in total. The van der Waals surface area contributed by atoms with Crippen LogP contribution in [0, 0.1) is 11.6 Å². The molecule has 4 aliphatic heterocycles. The fourth-order valence-electron chi connectivity index (χ4n) is 10.7. The number of nitrogens with two attached hydrogens (primary N) is 2. The number of benzene rings is 4. The van der Waals surface area contributed by atoms with Crippen molar-refractivity contribution in [2.75, 3.05) is 86.7 Å². The molecule has 0 spiro atoms. The summed E-state index contributed by atoms with van der Waals surface area (Å²) in [6.45, 7) is 14.5. The van der Waals surface area contributed by atoms with Gasteiger partial charge in [-0.2, -0.15) is 13.2 Å². The third-order valence-corrected chi connectivity index (χ3v) is 15.6. The van der Waals surface area contributed by atoms with E-state index in [0.717, 1.165) is 110 Å². The standard InChI is InChI=1S/C26H29Cl2F4N5.C24H32Cl2FN5.K.3H2.H/c1-2-18-15-36(24-13-23-22(12-20(24)28)33-25(34-23)26(30,31)32)9-10-37(18)19-5-7-35(8-6-19)14-16-3-4-17(27)11-21(16)29;1-2-18-15-31(24-13-23(29)22(28)12-20(24)26)9-10-32(18)19-5-7-30(8-6-19)14-16-3-4-17(25)11-21(16)27;;;;;/h3-4,11-13,18-19H,2,5-10,14-15H2,1H3,(H,33,34);3-4,11-13,18-19H,2,5-10,14-15,28-29H2,1H3;;3*1H;/q;;+1;;;;-1/t2*18-;;;;;/m00...../s1. The van der Waals surface area contributed by atoms with Crippen LogP contribution in [0.3, 0.4) is 0 Å². The van der Waals surface area contributed by atoms with Crippen LogP contribution >= 0.6 is 46.4 Å². The number of aromatic amines is 1. The van der Waals surface area contributed by atoms with Gasteiger partial charge >= 0.3 is 57.6 Å². The average molecular weight is 1090 g/mol. The summed E-state index contributed by atoms with van der Waals surface area (Å²) in [5, 5.41) is 1.91. The van der Waals surface area contributed by atoms with Gasteiger partial charge < -0.3 is 27.7 Å². The van der Waals surface area contributed by atoms with Crippen LogP contribution in [-0.4, -0.2) is 119 Å². The summed E-state index contributed by atoms with van der Waals surface area (Å²) in [5.74, 6) is -1.50. The molecule has 5 heterocycles. The van der Waals surface area contributed by atoms with Crippen LogP contribution in [0.1, 0.15) is 75.0 Å². The predicted molar refractivity (Wildman–Crippen MR) is 279 cm³/mol. The van der Waals surface area contributed by atoms with E-state index in [0.29, 0.717) is 85.5 Å². The Bertz CT molecular complexity index is 2580. The Morgan fingerprint density at radius 1 is 0.643 bits per heavy atom. The van der Waals surface area contributed by atoms with Crippen molar-refractivity contribution in [3.63, 3.8) is 0 Å². The number of H-pyrrole nitrogens is 1. The maximum Gasteiger partial charge on any atom is 1.00 e. The van der Waals surface area contributed by atoms with Crippen molar-refractivity contribution in [2.45, 2.75) is 95.8 Å². The van der Waals surface area contributed by atoms with Gasteiger partial charge in [0.15, 0.2) is 0 Å². The molecular formula is C50H68Cl4F5KN10. The van der Waals surface area contributed by atoms with E-state index < -0.39 is 12.0 Å². The first-order valence-electron chi connectivity index (χ1n) is 23.9. The van der Waals surface area contributed by atoms with Crippen LogP contribution in [-0.2, 0) is 19.3 Å². The molecule has 4 aliphatic rings. The summed E-state index contributed by atoms with van der Waals surface area (Å²) >= 11 is 24.8. The Hall–Kier alpha value is -2.16. The number of nitrogens with zero attached hydrogens (tertiary/aromatic N) is 7. The zero-order chi connectivity index (χ0) is 49.1. The average Bonchev–Trinajstić information content (AvgIpc) is 3.76. The number of aromatic nitrogens is 2. The molecule has 382 valence electrons. The number of nitrogen functional groups attached to an aromatic ring is 2. The van der Waals surface area contributed by atoms with Gasteiger partial charge in [-0.3, -0.25) is 19.6 Å². The number of piperidine rings is 2. The van der Waals surface area contributed by atoms with Crippen LogP contribution in [0.25, 0.3) is 11.0 Å². The van der Waals surface area contributed by atoms with Gasteiger partial charge in [-0.25, -0.2) is 13.8 Å². The molecule has 0 radical (unpaired) electrons. The zero-order valence-corrected chi connectivity index (χ0v) is 46.1. The molecule has 4 saturated heterocycles. The van der Waals surface area contributed by atoms with Crippen molar-refractivity contribution < 1.29 is 79.0 Å². The van der Waals surface area contributed by atoms with E-state index in [2.05, 4.69) is 53.2 Å². The van der Waals surface area contributed by atoms with Gasteiger partial charge in [0.05, 0.1) is 43.8 Å². The minimum atomic E-state index is -4.54. The molecule has 0 aliphatic carbocycles. The molecule has 2 atom stereocenters. The van der Waals surface area contributed by atoms with Crippen LogP contribution in [0.2, 0.25) is 20.1 Å². The van der Waals surface area contributed by atoms with Gasteiger partial charge in [0, 0.05) is 102 Å². The van der Waals surface area contributed by atoms with Crippen LogP contribution in [0.15, 0.2) is 60.7 Å². The number of hydrogen-bond acceptors (Lipinski definition) is 9. The number of likely N-dealkylation sites (tertiary alicyclic amines) is 2. The molecule has 0 unspecified atom stereocenters. The smallest absolute Gasteiger partial charge is 1.00 e. The number of hydrogen-bond donors (Lipinski definition) is 3. The SMILES string of the molecule is CC[C@H]1CN(c2cc(N)c(N)cc2Cl)CCN1C1CCN(Cc2ccc(Cl)cc2F)CC1.CC[C@H]1CN(c2cc3nc(C(F)(F)F)[nH]c3cc2Cl)CCN1C1CCN(Cc2ccc(Cl)cc2F)CC1.[H-].[HH].[HH].[HH].[K+]. The molecule has 20 heteroatoms. The molecule has 4 fully saturated rings. The zero-order valence-electron chi connectivity index (χ0n) is 41.0. The van der Waals surface area contributed by atoms with Crippen molar-refractivity contribution in [1.82, 2.24) is 29.6 Å². The number of rotatable bonds is 10. The minimum Gasteiger partial charge on any atom is -1.00 e. The molecule has 70 heavy (non-hydrogen) atoms. The second-order valence-corrected chi connectivity index (χ2v) is 20.5. The van der Waals surface area contributed by atoms with Gasteiger partial charge in [0.1, 0.15) is 11.6 Å². The summed E-state index contributed by atoms with van der Waals surface area (Å²) in [6.07, 6.45) is 1.70. The van der Waals surface area contributed by atoms with Gasteiger partial charge in [0.25, 0.3) is 0 Å². The summed E-state index contributed by atoms with van der Waals surface area (Å²) < 4.78 is 67.7. The Morgan fingerprint density at radius 3 is 1.53 bits per heavy atom. The quantitative estimate of drug-likeness (QED) is 0.0719. The Kier molecular flexibility index (Phi) is 19.4. The summed E-state index contributed by atoms with van der Waals surface area (Å²) in [6, 6.07) is 18.4. The van der Waals surface area contributed by atoms with Gasteiger partial charge in [0.2, 0.25) is 5.82 Å². The molecule has 4 aromatic carbocycles. The molecule has 0 bridgehead atoms. The number of piperazine rings is 2. The van der Waals surface area contributed by atoms with Crippen molar-refractivity contribution in [2.24, 2.45) is 0 Å². The first kappa shape index (κ1) is 55.6. The van der Waals surface area contributed by atoms with Gasteiger partial charge in [-0.15, -0.1) is 0 Å². The van der Waals surface area contributed by atoms with Crippen molar-refractivity contribution >= 4 is 80.2 Å². The molecule has 5 N–H and O–H groups in total. The molecule has 5 aromatic rings. The number of halogens is 9. The molecule has 0 amide bonds. The number of alkyl halides is 3. The maximum atomic E-state index is 14.2. The Labute approximate surface area is 476 Å². The fraction of sp³-hybridized carbons (Fsp3) is 0.500. The molecule has 1 aromatic heterocycles. The van der Waals surface area contributed by atoms with E-state index in [1.54, 1.807) is 36.4 Å². The first-order valence-corrected chi connectivity index (χ1v) is 25.4. The van der Waals surface area contributed by atoms with Crippen molar-refractivity contribution in [3.05, 3.63) is 109 Å². The number of imidazole rings is 1. The van der Waals surface area contributed by atoms with E-state index in [9.17, 15) is 22.0 Å². The van der Waals surface area contributed by atoms with E-state index in [1.165, 1.54) is 18.2 Å². The van der Waals surface area contributed by atoms with E-state index in [1.807, 2.05) is 6.07 Å². The van der Waals surface area contributed by atoms with E-state index >= 15 is 0 Å². The Morgan fingerprint density at radius 2 is 1.09 bits per heavy atom. The summed E-state index contributed by atoms with van der Waals surface area (Å²) in [4.78, 5) is 20.4. The first-order chi connectivity index (χ1) is 33.0. The monoisotopic (exact) mass is 1080 g/mol. The largest absolute Gasteiger partial charge is 1.00 e. The summed E-state index contributed by atoms with van der Waals surface area (Å²) in [5.41, 5.74) is 16.6. The molecule has 9 rings (SSSR count). The van der Waals surface area contributed by atoms with Crippen molar-refractivity contribution in [1.29, 1.82) is 0 Å². The number of fused-ring (bicyclic) bond motifs is 1.